The molecule has 1 N–H and O–H groups in total. The summed E-state index contributed by atoms with van der Waals surface area (Å²) in [6.45, 7) is 2.89. The Balaban J connectivity index is 1.49. The van der Waals surface area contributed by atoms with E-state index in [2.05, 4.69) is 54.7 Å². The van der Waals surface area contributed by atoms with Crippen molar-refractivity contribution >= 4 is 38.8 Å². The summed E-state index contributed by atoms with van der Waals surface area (Å²) < 4.78 is 1.24. The first-order chi connectivity index (χ1) is 12.2. The molecule has 3 aromatic carbocycles. The monoisotopic (exact) mass is 364 g/mol. The van der Waals surface area contributed by atoms with E-state index in [4.69, 9.17) is 16.6 Å². The number of halogens is 1. The average molecular weight is 365 g/mol. The molecule has 0 spiro atoms. The molecule has 0 unspecified atom stereocenters. The summed E-state index contributed by atoms with van der Waals surface area (Å²) >= 11 is 7.65. The van der Waals surface area contributed by atoms with Gasteiger partial charge >= 0.3 is 0 Å². The maximum absolute atomic E-state index is 5.92. The van der Waals surface area contributed by atoms with Gasteiger partial charge in [0.2, 0.25) is 0 Å². The second-order valence-corrected chi connectivity index (χ2v) is 7.51. The topological polar surface area (TPSA) is 24.9 Å². The molecule has 0 atom stereocenters. The van der Waals surface area contributed by atoms with E-state index in [1.54, 1.807) is 11.3 Å². The van der Waals surface area contributed by atoms with E-state index in [0.717, 1.165) is 33.3 Å². The van der Waals surface area contributed by atoms with Gasteiger partial charge < -0.3 is 5.32 Å². The number of hydrogen-bond acceptors (Lipinski definition) is 3. The van der Waals surface area contributed by atoms with Gasteiger partial charge in [0.05, 0.1) is 10.2 Å². The Labute approximate surface area is 156 Å². The number of anilines is 1. The van der Waals surface area contributed by atoms with Gasteiger partial charge in [-0.05, 0) is 66.6 Å². The van der Waals surface area contributed by atoms with E-state index in [1.807, 2.05) is 24.3 Å². The lowest BCUT2D eigenvalue weighted by atomic mass is 10.2. The largest absolute Gasteiger partial charge is 0.381 e. The summed E-state index contributed by atoms with van der Waals surface area (Å²) in [6, 6.07) is 22.7. The van der Waals surface area contributed by atoms with Gasteiger partial charge in [0, 0.05) is 22.8 Å². The Morgan fingerprint density at radius 2 is 1.72 bits per heavy atom. The van der Waals surface area contributed by atoms with Crippen molar-refractivity contribution in [3.8, 4) is 10.6 Å². The van der Waals surface area contributed by atoms with Crippen molar-refractivity contribution in [3.05, 3.63) is 82.9 Å². The Kier molecular flexibility index (Phi) is 4.43. The summed E-state index contributed by atoms with van der Waals surface area (Å²) in [7, 11) is 0. The van der Waals surface area contributed by atoms with E-state index in [9.17, 15) is 0 Å². The van der Waals surface area contributed by atoms with E-state index in [0.29, 0.717) is 0 Å². The van der Waals surface area contributed by atoms with Crippen molar-refractivity contribution in [2.45, 2.75) is 13.5 Å². The zero-order valence-electron chi connectivity index (χ0n) is 13.8. The van der Waals surface area contributed by atoms with Crippen molar-refractivity contribution in [1.29, 1.82) is 0 Å². The van der Waals surface area contributed by atoms with Crippen LogP contribution in [0, 0.1) is 6.92 Å². The Bertz CT molecular complexity index is 1000. The first-order valence-electron chi connectivity index (χ1n) is 8.13. The summed E-state index contributed by atoms with van der Waals surface area (Å²) in [4.78, 5) is 4.74. The van der Waals surface area contributed by atoms with Crippen molar-refractivity contribution < 1.29 is 0 Å². The van der Waals surface area contributed by atoms with Gasteiger partial charge in [-0.15, -0.1) is 11.3 Å². The molecule has 25 heavy (non-hydrogen) atoms. The summed E-state index contributed by atoms with van der Waals surface area (Å²) in [5.41, 5.74) is 5.78. The molecule has 124 valence electrons. The third-order valence-corrected chi connectivity index (χ3v) is 5.40. The van der Waals surface area contributed by atoms with Crippen LogP contribution in [0.1, 0.15) is 11.1 Å². The molecule has 0 aliphatic carbocycles. The van der Waals surface area contributed by atoms with Gasteiger partial charge in [-0.25, -0.2) is 4.98 Å². The van der Waals surface area contributed by atoms with Gasteiger partial charge in [-0.2, -0.15) is 0 Å². The highest BCUT2D eigenvalue weighted by Gasteiger charge is 2.06. The first kappa shape index (κ1) is 16.1. The van der Waals surface area contributed by atoms with Crippen LogP contribution >= 0.6 is 22.9 Å². The molecule has 0 fully saturated rings. The van der Waals surface area contributed by atoms with Crippen LogP contribution in [0.5, 0.6) is 0 Å². The van der Waals surface area contributed by atoms with Crippen LogP contribution in [0.4, 0.5) is 5.69 Å². The van der Waals surface area contributed by atoms with Crippen molar-refractivity contribution in [2.75, 3.05) is 5.32 Å². The summed E-state index contributed by atoms with van der Waals surface area (Å²) in [5, 5.41) is 5.26. The number of hydrogen-bond donors (Lipinski definition) is 1. The Morgan fingerprint density at radius 3 is 2.48 bits per heavy atom. The molecule has 4 heteroatoms. The smallest absolute Gasteiger partial charge is 0.124 e. The average Bonchev–Trinajstić information content (AvgIpc) is 3.05. The number of aromatic nitrogens is 1. The SMILES string of the molecule is Cc1ccc2nc(-c3ccc(NCc4ccc(Cl)cc4)cc3)sc2c1. The van der Waals surface area contributed by atoms with Gasteiger partial charge in [0.1, 0.15) is 5.01 Å². The van der Waals surface area contributed by atoms with Crippen LogP contribution in [-0.4, -0.2) is 4.98 Å². The second-order valence-electron chi connectivity index (χ2n) is 6.05. The number of nitrogens with one attached hydrogen (secondary N) is 1. The molecule has 0 amide bonds. The van der Waals surface area contributed by atoms with E-state index < -0.39 is 0 Å². The first-order valence-corrected chi connectivity index (χ1v) is 9.33. The number of nitrogens with zero attached hydrogens (tertiary/aromatic N) is 1. The third-order valence-electron chi connectivity index (χ3n) is 4.09. The number of rotatable bonds is 4. The third kappa shape index (κ3) is 3.68. The highest BCUT2D eigenvalue weighted by Crippen LogP contribution is 2.31. The Hall–Kier alpha value is -2.36. The van der Waals surface area contributed by atoms with Gasteiger partial charge in [-0.3, -0.25) is 0 Å². The minimum absolute atomic E-state index is 0.763. The molecular formula is C21H17ClN2S. The number of thiazole rings is 1. The van der Waals surface area contributed by atoms with Crippen LogP contribution in [0.3, 0.4) is 0 Å². The van der Waals surface area contributed by atoms with E-state index >= 15 is 0 Å². The maximum atomic E-state index is 5.92. The van der Waals surface area contributed by atoms with Crippen LogP contribution in [0.25, 0.3) is 20.8 Å². The lowest BCUT2D eigenvalue weighted by Gasteiger charge is -2.07. The van der Waals surface area contributed by atoms with Gasteiger partial charge in [0.15, 0.2) is 0 Å². The van der Waals surface area contributed by atoms with Crippen LogP contribution < -0.4 is 5.32 Å². The number of benzene rings is 3. The molecule has 0 radical (unpaired) electrons. The molecule has 0 saturated carbocycles. The molecule has 2 nitrogen and oxygen atoms in total. The minimum Gasteiger partial charge on any atom is -0.381 e. The second kappa shape index (κ2) is 6.87. The molecule has 4 rings (SSSR count). The minimum atomic E-state index is 0.763. The van der Waals surface area contributed by atoms with Crippen LogP contribution in [-0.2, 0) is 6.54 Å². The predicted octanol–water partition coefficient (Wildman–Crippen LogP) is 6.54. The van der Waals surface area contributed by atoms with Gasteiger partial charge in [0.25, 0.3) is 0 Å². The molecule has 4 aromatic rings. The molecular weight excluding hydrogens is 348 g/mol. The van der Waals surface area contributed by atoms with E-state index in [1.165, 1.54) is 15.8 Å². The molecule has 0 bridgehead atoms. The maximum Gasteiger partial charge on any atom is 0.124 e. The van der Waals surface area contributed by atoms with Gasteiger partial charge in [-0.1, -0.05) is 29.8 Å². The molecule has 1 heterocycles. The number of fused-ring (bicyclic) bond motifs is 1. The fraction of sp³-hybridized carbons (Fsp3) is 0.0952. The van der Waals surface area contributed by atoms with Crippen LogP contribution in [0.15, 0.2) is 66.7 Å². The lowest BCUT2D eigenvalue weighted by Crippen LogP contribution is -1.98. The van der Waals surface area contributed by atoms with Crippen LogP contribution in [0.2, 0.25) is 5.02 Å². The predicted molar refractivity (Wildman–Crippen MR) is 109 cm³/mol. The molecule has 0 aliphatic rings. The lowest BCUT2D eigenvalue weighted by molar-refractivity contribution is 1.15. The quantitative estimate of drug-likeness (QED) is 0.444. The Morgan fingerprint density at radius 1 is 0.960 bits per heavy atom. The van der Waals surface area contributed by atoms with E-state index in [-0.39, 0.29) is 0 Å². The highest BCUT2D eigenvalue weighted by atomic mass is 35.5. The fourth-order valence-corrected chi connectivity index (χ4v) is 3.89. The summed E-state index contributed by atoms with van der Waals surface area (Å²) in [5.74, 6) is 0. The normalized spacial score (nSPS) is 11.0. The number of aryl methyl sites for hydroxylation is 1. The van der Waals surface area contributed by atoms with Crippen molar-refractivity contribution in [2.24, 2.45) is 0 Å². The molecule has 0 saturated heterocycles. The standard InChI is InChI=1S/C21H17ClN2S/c1-14-2-11-19-20(12-14)25-21(24-19)16-5-9-18(10-6-16)23-13-15-3-7-17(22)8-4-15/h2-12,23H,13H2,1H3. The molecule has 1 aromatic heterocycles. The zero-order valence-corrected chi connectivity index (χ0v) is 15.4. The fourth-order valence-electron chi connectivity index (χ4n) is 2.69. The van der Waals surface area contributed by atoms with Crippen molar-refractivity contribution in [1.82, 2.24) is 4.98 Å². The molecule has 0 aliphatic heterocycles. The zero-order chi connectivity index (χ0) is 17.2. The summed E-state index contributed by atoms with van der Waals surface area (Å²) in [6.07, 6.45) is 0. The highest BCUT2D eigenvalue weighted by molar-refractivity contribution is 7.21. The van der Waals surface area contributed by atoms with Crippen molar-refractivity contribution in [3.63, 3.8) is 0 Å².